The molecule has 5 heteroatoms. The zero-order chi connectivity index (χ0) is 19.9. The molecule has 0 radical (unpaired) electrons. The maximum absolute atomic E-state index is 12.4. The van der Waals surface area contributed by atoms with Gasteiger partial charge in [-0.05, 0) is 34.9 Å². The number of hydrogen-bond acceptors (Lipinski definition) is 4. The molecule has 0 saturated carbocycles. The molecular weight excluding hydrogens is 370 g/mol. The van der Waals surface area contributed by atoms with Gasteiger partial charge < -0.3 is 4.74 Å². The van der Waals surface area contributed by atoms with Crippen molar-refractivity contribution >= 4 is 16.8 Å². The Labute approximate surface area is 166 Å². The Morgan fingerprint density at radius 3 is 2.39 bits per heavy atom. The van der Waals surface area contributed by atoms with Crippen LogP contribution in [0.15, 0.2) is 77.7 Å². The average molecular weight is 389 g/mol. The minimum atomic E-state index is -1.23. The summed E-state index contributed by atoms with van der Waals surface area (Å²) in [5.74, 6) is -0.0491. The fraction of sp³-hybridized carbons (Fsp3) is 0.130. The van der Waals surface area contributed by atoms with Crippen LogP contribution in [0.2, 0.25) is 0 Å². The maximum Gasteiger partial charge on any atom is 0.339 e. The number of carbonyl (C=O) groups is 1. The van der Waals surface area contributed by atoms with Crippen molar-refractivity contribution in [3.63, 3.8) is 0 Å². The van der Waals surface area contributed by atoms with E-state index in [4.69, 9.17) is 4.74 Å². The van der Waals surface area contributed by atoms with Gasteiger partial charge in [0.15, 0.2) is 0 Å². The standard InChI is InChI=1S/C23H19NO3S/c1-2-28(26)22-10-6-5-9-21(22)23(25)27-16-17-11-13-18(14-12-17)20-8-4-3-7-19(20)15-24/h3-14H,2,16H2,1H3/t28-/m0/s1. The average Bonchev–Trinajstić information content (AvgIpc) is 2.77. The molecule has 0 saturated heterocycles. The second-order valence-corrected chi connectivity index (χ2v) is 7.77. The number of carbonyl (C=O) groups excluding carboxylic acids is 1. The fourth-order valence-electron chi connectivity index (χ4n) is 2.83. The van der Waals surface area contributed by atoms with Crippen molar-refractivity contribution < 1.29 is 13.7 Å². The lowest BCUT2D eigenvalue weighted by molar-refractivity contribution is 0.0468. The van der Waals surface area contributed by atoms with Crippen LogP contribution in [0, 0.1) is 11.3 Å². The van der Waals surface area contributed by atoms with Crippen LogP contribution in [-0.2, 0) is 22.1 Å². The van der Waals surface area contributed by atoms with E-state index in [1.807, 2.05) is 49.4 Å². The molecule has 0 aliphatic rings. The predicted molar refractivity (Wildman–Crippen MR) is 109 cm³/mol. The molecule has 3 aromatic rings. The van der Waals surface area contributed by atoms with E-state index in [0.717, 1.165) is 16.7 Å². The van der Waals surface area contributed by atoms with Gasteiger partial charge in [0.2, 0.25) is 0 Å². The second-order valence-electron chi connectivity index (χ2n) is 6.06. The Kier molecular flexibility index (Phi) is 6.36. The summed E-state index contributed by atoms with van der Waals surface area (Å²) in [6.07, 6.45) is 0. The molecule has 0 aliphatic carbocycles. The number of rotatable bonds is 6. The van der Waals surface area contributed by atoms with Crippen molar-refractivity contribution in [2.75, 3.05) is 5.75 Å². The number of hydrogen-bond donors (Lipinski definition) is 0. The summed E-state index contributed by atoms with van der Waals surface area (Å²) in [6, 6.07) is 24.0. The minimum Gasteiger partial charge on any atom is -0.457 e. The molecule has 3 rings (SSSR count). The normalized spacial score (nSPS) is 11.4. The van der Waals surface area contributed by atoms with Crippen LogP contribution in [0.25, 0.3) is 11.1 Å². The molecule has 0 fully saturated rings. The molecule has 0 spiro atoms. The molecule has 1 atom stereocenters. The molecule has 0 aliphatic heterocycles. The molecule has 0 aromatic heterocycles. The number of benzene rings is 3. The van der Waals surface area contributed by atoms with Crippen molar-refractivity contribution in [2.45, 2.75) is 18.4 Å². The van der Waals surface area contributed by atoms with Crippen LogP contribution in [0.4, 0.5) is 0 Å². The molecule has 0 unspecified atom stereocenters. The van der Waals surface area contributed by atoms with Gasteiger partial charge in [-0.25, -0.2) is 4.79 Å². The van der Waals surface area contributed by atoms with E-state index in [0.29, 0.717) is 21.8 Å². The van der Waals surface area contributed by atoms with Gasteiger partial charge in [-0.2, -0.15) is 5.26 Å². The second kappa shape index (κ2) is 9.12. The van der Waals surface area contributed by atoms with Crippen LogP contribution in [0.1, 0.15) is 28.4 Å². The van der Waals surface area contributed by atoms with Gasteiger partial charge in [-0.3, -0.25) is 4.21 Å². The minimum absolute atomic E-state index is 0.117. The van der Waals surface area contributed by atoms with Gasteiger partial charge in [-0.1, -0.05) is 61.5 Å². The Morgan fingerprint density at radius 1 is 1.00 bits per heavy atom. The summed E-state index contributed by atoms with van der Waals surface area (Å²) < 4.78 is 17.5. The van der Waals surface area contributed by atoms with Crippen LogP contribution in [0.3, 0.4) is 0 Å². The van der Waals surface area contributed by atoms with Crippen molar-refractivity contribution in [3.05, 3.63) is 89.5 Å². The monoisotopic (exact) mass is 389 g/mol. The van der Waals surface area contributed by atoms with Gasteiger partial charge in [0, 0.05) is 5.75 Å². The van der Waals surface area contributed by atoms with Gasteiger partial charge >= 0.3 is 5.97 Å². The Bertz CT molecular complexity index is 1050. The highest BCUT2D eigenvalue weighted by atomic mass is 32.2. The largest absolute Gasteiger partial charge is 0.457 e. The summed E-state index contributed by atoms with van der Waals surface area (Å²) in [4.78, 5) is 12.9. The van der Waals surface area contributed by atoms with Gasteiger partial charge in [0.05, 0.1) is 32.9 Å². The highest BCUT2D eigenvalue weighted by molar-refractivity contribution is 7.85. The molecular formula is C23H19NO3S. The summed E-state index contributed by atoms with van der Waals surface area (Å²) in [5.41, 5.74) is 3.57. The van der Waals surface area contributed by atoms with Crippen LogP contribution >= 0.6 is 0 Å². The Balaban J connectivity index is 1.72. The Morgan fingerprint density at radius 2 is 1.68 bits per heavy atom. The molecule has 3 aromatic carbocycles. The van der Waals surface area contributed by atoms with Gasteiger partial charge in [0.1, 0.15) is 6.61 Å². The molecule has 0 heterocycles. The lowest BCUT2D eigenvalue weighted by atomic mass is 9.99. The van der Waals surface area contributed by atoms with Crippen LogP contribution in [0.5, 0.6) is 0 Å². The van der Waals surface area contributed by atoms with E-state index in [1.165, 1.54) is 0 Å². The summed E-state index contributed by atoms with van der Waals surface area (Å²) in [7, 11) is -1.23. The molecule has 140 valence electrons. The SMILES string of the molecule is CC[S@](=O)c1ccccc1C(=O)OCc1ccc(-c2ccccc2C#N)cc1. The van der Waals surface area contributed by atoms with Crippen molar-refractivity contribution in [1.29, 1.82) is 5.26 Å². The highest BCUT2D eigenvalue weighted by Crippen LogP contribution is 2.24. The predicted octanol–water partition coefficient (Wildman–Crippen LogP) is 4.71. The quantitative estimate of drug-likeness (QED) is 0.573. The first kappa shape index (κ1) is 19.5. The zero-order valence-electron chi connectivity index (χ0n) is 15.4. The van der Waals surface area contributed by atoms with Crippen molar-refractivity contribution in [1.82, 2.24) is 0 Å². The van der Waals surface area contributed by atoms with Crippen LogP contribution < -0.4 is 0 Å². The van der Waals surface area contributed by atoms with Gasteiger partial charge in [0.25, 0.3) is 0 Å². The first-order valence-electron chi connectivity index (χ1n) is 8.87. The number of ether oxygens (including phenoxy) is 1. The molecule has 28 heavy (non-hydrogen) atoms. The third-order valence-electron chi connectivity index (χ3n) is 4.30. The van der Waals surface area contributed by atoms with Crippen molar-refractivity contribution in [3.8, 4) is 17.2 Å². The van der Waals surface area contributed by atoms with Gasteiger partial charge in [-0.15, -0.1) is 0 Å². The highest BCUT2D eigenvalue weighted by Gasteiger charge is 2.16. The first-order valence-corrected chi connectivity index (χ1v) is 10.2. The Hall–Kier alpha value is -3.23. The molecule has 0 amide bonds. The number of nitrogens with zero attached hydrogens (tertiary/aromatic N) is 1. The molecule has 0 N–H and O–H groups in total. The third kappa shape index (κ3) is 4.36. The summed E-state index contributed by atoms with van der Waals surface area (Å²) in [6.45, 7) is 1.93. The lowest BCUT2D eigenvalue weighted by Crippen LogP contribution is -2.10. The van der Waals surface area contributed by atoms with Crippen LogP contribution in [-0.4, -0.2) is 15.9 Å². The van der Waals surface area contributed by atoms with E-state index in [9.17, 15) is 14.3 Å². The van der Waals surface area contributed by atoms with E-state index >= 15 is 0 Å². The van der Waals surface area contributed by atoms with E-state index in [1.54, 1.807) is 30.3 Å². The van der Waals surface area contributed by atoms with E-state index in [-0.39, 0.29) is 6.61 Å². The third-order valence-corrected chi connectivity index (χ3v) is 5.67. The molecule has 0 bridgehead atoms. The fourth-order valence-corrected chi connectivity index (χ4v) is 3.77. The lowest BCUT2D eigenvalue weighted by Gasteiger charge is -2.10. The number of esters is 1. The van der Waals surface area contributed by atoms with E-state index in [2.05, 4.69) is 6.07 Å². The zero-order valence-corrected chi connectivity index (χ0v) is 16.2. The smallest absolute Gasteiger partial charge is 0.339 e. The topological polar surface area (TPSA) is 67.2 Å². The van der Waals surface area contributed by atoms with E-state index < -0.39 is 16.8 Å². The first-order chi connectivity index (χ1) is 13.6. The summed E-state index contributed by atoms with van der Waals surface area (Å²) >= 11 is 0. The maximum atomic E-state index is 12.4. The number of nitriles is 1. The molecule has 4 nitrogen and oxygen atoms in total. The summed E-state index contributed by atoms with van der Waals surface area (Å²) in [5, 5.41) is 9.24. The van der Waals surface area contributed by atoms with Crippen molar-refractivity contribution in [2.24, 2.45) is 0 Å².